The van der Waals surface area contributed by atoms with Crippen molar-refractivity contribution in [1.29, 1.82) is 0 Å². The number of hydrogen-bond donors (Lipinski definition) is 2. The van der Waals surface area contributed by atoms with E-state index < -0.39 is 68.2 Å². The number of nitrogens with one attached hydrogen (secondary N) is 2. The van der Waals surface area contributed by atoms with Crippen LogP contribution in [-0.4, -0.2) is 83.7 Å². The predicted molar refractivity (Wildman–Crippen MR) is 195 cm³/mol. The number of likely N-dealkylation sites (tertiary alicyclic amines) is 1. The van der Waals surface area contributed by atoms with Crippen molar-refractivity contribution in [2.24, 2.45) is 11.3 Å². The highest BCUT2D eigenvalue weighted by Gasteiger charge is 2.68. The van der Waals surface area contributed by atoms with Crippen molar-refractivity contribution in [3.05, 3.63) is 72.4 Å². The highest BCUT2D eigenvalue weighted by atomic mass is 35.5. The Morgan fingerprint density at radius 3 is 2.45 bits per heavy atom. The number of ether oxygens (including phenoxy) is 2. The molecule has 272 valence electrons. The fourth-order valence-corrected chi connectivity index (χ4v) is 8.37. The molecule has 1 unspecified atom stereocenters. The van der Waals surface area contributed by atoms with Gasteiger partial charge in [0.15, 0.2) is 0 Å². The molecule has 51 heavy (non-hydrogen) atoms. The van der Waals surface area contributed by atoms with Gasteiger partial charge in [0.1, 0.15) is 23.4 Å². The number of benzene rings is 2. The molecule has 1 saturated heterocycles. The number of amides is 4. The topological polar surface area (TPSA) is 147 Å². The second-order valence-corrected chi connectivity index (χ2v) is 17.1. The smallest absolute Gasteiger partial charge is 0.328 e. The van der Waals surface area contributed by atoms with Crippen LogP contribution in [0.4, 0.5) is 10.5 Å². The number of sulfonamides is 1. The van der Waals surface area contributed by atoms with Crippen LogP contribution in [0.1, 0.15) is 53.4 Å². The van der Waals surface area contributed by atoms with Gasteiger partial charge in [0.2, 0.25) is 15.9 Å². The van der Waals surface area contributed by atoms with E-state index in [4.69, 9.17) is 21.1 Å². The lowest BCUT2D eigenvalue weighted by atomic mass is 9.85. The predicted octanol–water partition coefficient (Wildman–Crippen LogP) is 5.77. The third-order valence-corrected chi connectivity index (χ3v) is 12.0. The van der Waals surface area contributed by atoms with E-state index >= 15 is 0 Å². The molecule has 0 spiro atoms. The molecule has 2 N–H and O–H groups in total. The van der Waals surface area contributed by atoms with Crippen molar-refractivity contribution in [2.75, 3.05) is 19.0 Å². The normalized spacial score (nSPS) is 23.6. The molecule has 3 aliphatic rings. The Bertz CT molecular complexity index is 1970. The molecule has 6 rings (SSSR count). The van der Waals surface area contributed by atoms with Gasteiger partial charge in [0.25, 0.3) is 11.8 Å². The lowest BCUT2D eigenvalue weighted by molar-refractivity contribution is -0.141. The van der Waals surface area contributed by atoms with E-state index in [1.807, 2.05) is 52.0 Å². The lowest BCUT2D eigenvalue weighted by Crippen LogP contribution is -2.64. The maximum Gasteiger partial charge on any atom is 0.328 e. The second kappa shape index (κ2) is 13.6. The highest BCUT2D eigenvalue weighted by molar-refractivity contribution is 7.91. The molecule has 2 heterocycles. The minimum Gasteiger partial charge on any atom is -0.494 e. The number of carbonyl (C=O) groups is 3. The van der Waals surface area contributed by atoms with Gasteiger partial charge in [-0.05, 0) is 61.9 Å². The molecule has 1 aromatic heterocycles. The number of imide groups is 1. The maximum absolute atomic E-state index is 15.0. The lowest BCUT2D eigenvalue weighted by Gasteiger charge is -2.40. The summed E-state index contributed by atoms with van der Waals surface area (Å²) in [6, 6.07) is 12.3. The standard InChI is InChI=1S/C37H44ClN5O7S/c1-7-23-19-37(23,34(45)41-51(47,48)27-14-15-27)43(33(44)31(36(3,4)5)40-25-11-9-8-10-12-25)35(46)42-21-26(17-22(42)2)50-32-29-18-24(38)13-16-28(29)30(49-6)20-39-32/h7-13,16,18,20,22-23,26-27,31,40H,1,14-15,17,19,21H2,2-6H3,(H,41,45)/t22?,23-,26-,31-,37-/m1/s1. The Morgan fingerprint density at radius 1 is 1.14 bits per heavy atom. The number of urea groups is 1. The molecule has 2 saturated carbocycles. The molecular formula is C37H44ClN5O7S. The third-order valence-electron chi connectivity index (χ3n) is 9.93. The Kier molecular flexibility index (Phi) is 9.75. The maximum atomic E-state index is 15.0. The van der Waals surface area contributed by atoms with Crippen molar-refractivity contribution in [1.82, 2.24) is 19.5 Å². The van der Waals surface area contributed by atoms with Crippen LogP contribution < -0.4 is 19.5 Å². The van der Waals surface area contributed by atoms with Crippen LogP contribution >= 0.6 is 11.6 Å². The van der Waals surface area contributed by atoms with Crippen molar-refractivity contribution in [3.8, 4) is 11.6 Å². The number of methoxy groups -OCH3 is 1. The number of carbonyl (C=O) groups excluding carboxylic acids is 3. The Balaban J connectivity index is 1.36. The fourth-order valence-electron chi connectivity index (χ4n) is 6.84. The molecular weight excluding hydrogens is 694 g/mol. The average Bonchev–Trinajstić information content (AvgIpc) is 4.01. The zero-order valence-electron chi connectivity index (χ0n) is 29.4. The van der Waals surface area contributed by atoms with Crippen molar-refractivity contribution in [3.63, 3.8) is 0 Å². The van der Waals surface area contributed by atoms with Crippen LogP contribution in [0.5, 0.6) is 11.6 Å². The van der Waals surface area contributed by atoms with Gasteiger partial charge in [-0.15, -0.1) is 6.58 Å². The molecule has 3 aromatic rings. The van der Waals surface area contributed by atoms with E-state index in [1.54, 1.807) is 37.6 Å². The van der Waals surface area contributed by atoms with Crippen molar-refractivity contribution < 1.29 is 32.3 Å². The quantitative estimate of drug-likeness (QED) is 0.234. The van der Waals surface area contributed by atoms with Gasteiger partial charge in [-0.25, -0.2) is 23.1 Å². The van der Waals surface area contributed by atoms with Crippen LogP contribution in [-0.2, 0) is 19.6 Å². The first-order valence-electron chi connectivity index (χ1n) is 17.0. The molecule has 12 nitrogen and oxygen atoms in total. The van der Waals surface area contributed by atoms with Gasteiger partial charge < -0.3 is 19.7 Å². The minimum absolute atomic E-state index is 0.0346. The monoisotopic (exact) mass is 737 g/mol. The van der Waals surface area contributed by atoms with Gasteiger partial charge in [0.05, 0.1) is 25.1 Å². The van der Waals surface area contributed by atoms with Gasteiger partial charge in [-0.3, -0.25) is 14.3 Å². The number of anilines is 1. The second-order valence-electron chi connectivity index (χ2n) is 14.7. The summed E-state index contributed by atoms with van der Waals surface area (Å²) in [6.07, 6.45) is 3.83. The number of halogens is 1. The number of para-hydroxylation sites is 1. The minimum atomic E-state index is -4.00. The molecule has 0 radical (unpaired) electrons. The van der Waals surface area contributed by atoms with E-state index in [9.17, 15) is 22.8 Å². The summed E-state index contributed by atoms with van der Waals surface area (Å²) in [5, 5.41) is 4.47. The van der Waals surface area contributed by atoms with Crippen LogP contribution in [0.15, 0.2) is 67.4 Å². The van der Waals surface area contributed by atoms with E-state index in [0.717, 1.165) is 10.3 Å². The van der Waals surface area contributed by atoms with Crippen molar-refractivity contribution >= 4 is 55.9 Å². The summed E-state index contributed by atoms with van der Waals surface area (Å²) < 4.78 is 40.2. The molecule has 1 aliphatic heterocycles. The van der Waals surface area contributed by atoms with E-state index in [-0.39, 0.29) is 13.0 Å². The number of rotatable bonds is 11. The first-order chi connectivity index (χ1) is 24.1. The van der Waals surface area contributed by atoms with E-state index in [0.29, 0.717) is 47.0 Å². The molecule has 0 bridgehead atoms. The van der Waals surface area contributed by atoms with Gasteiger partial charge in [-0.1, -0.05) is 56.6 Å². The van der Waals surface area contributed by atoms with Gasteiger partial charge in [0, 0.05) is 39.9 Å². The third kappa shape index (κ3) is 7.10. The largest absolute Gasteiger partial charge is 0.494 e. The Hall–Kier alpha value is -4.36. The first kappa shape index (κ1) is 36.4. The molecule has 4 amide bonds. The van der Waals surface area contributed by atoms with Gasteiger partial charge in [-0.2, -0.15) is 0 Å². The fraction of sp³-hybridized carbons (Fsp3) is 0.459. The van der Waals surface area contributed by atoms with Crippen LogP contribution in [0, 0.1) is 11.3 Å². The summed E-state index contributed by atoms with van der Waals surface area (Å²) in [6.45, 7) is 11.4. The summed E-state index contributed by atoms with van der Waals surface area (Å²) in [5.74, 6) is -1.39. The Labute approximate surface area is 303 Å². The van der Waals surface area contributed by atoms with Crippen LogP contribution in [0.25, 0.3) is 10.8 Å². The summed E-state index contributed by atoms with van der Waals surface area (Å²) in [5.41, 5.74) is -1.90. The van der Waals surface area contributed by atoms with E-state index in [2.05, 4.69) is 21.6 Å². The SMILES string of the molecule is C=C[C@@H]1C[C@@]1(C(=O)NS(=O)(=O)C1CC1)N(C(=O)[C@@H](Nc1ccccc1)C(C)(C)C)C(=O)N1C[C@H](Oc2ncc(OC)c3ccc(Cl)cc23)CC1C. The molecule has 14 heteroatoms. The number of hydrogen-bond acceptors (Lipinski definition) is 9. The van der Waals surface area contributed by atoms with Crippen molar-refractivity contribution in [2.45, 2.75) is 82.4 Å². The summed E-state index contributed by atoms with van der Waals surface area (Å²) >= 11 is 6.33. The average molecular weight is 738 g/mol. The number of nitrogens with zero attached hydrogens (tertiary/aromatic N) is 3. The number of pyridine rings is 1. The molecule has 2 aromatic carbocycles. The van der Waals surface area contributed by atoms with Crippen LogP contribution in [0.2, 0.25) is 5.02 Å². The first-order valence-corrected chi connectivity index (χ1v) is 19.0. The molecule has 3 fully saturated rings. The zero-order chi connectivity index (χ0) is 36.9. The summed E-state index contributed by atoms with van der Waals surface area (Å²) in [7, 11) is -2.45. The number of aromatic nitrogens is 1. The van der Waals surface area contributed by atoms with Crippen LogP contribution in [0.3, 0.4) is 0 Å². The Morgan fingerprint density at radius 2 is 1.84 bits per heavy atom. The highest BCUT2D eigenvalue weighted by Crippen LogP contribution is 2.52. The molecule has 5 atom stereocenters. The van der Waals surface area contributed by atoms with Gasteiger partial charge >= 0.3 is 6.03 Å². The molecule has 2 aliphatic carbocycles. The zero-order valence-corrected chi connectivity index (χ0v) is 31.0. The summed E-state index contributed by atoms with van der Waals surface area (Å²) in [4.78, 5) is 51.0. The van der Waals surface area contributed by atoms with E-state index in [1.165, 1.54) is 11.0 Å². The number of fused-ring (bicyclic) bond motifs is 1.